The molecule has 1 aromatic carbocycles. The van der Waals surface area contributed by atoms with Crippen molar-refractivity contribution in [3.63, 3.8) is 0 Å². The van der Waals surface area contributed by atoms with Gasteiger partial charge in [0.05, 0.1) is 28.4 Å². The van der Waals surface area contributed by atoms with Crippen LogP contribution in [0.1, 0.15) is 11.3 Å². The van der Waals surface area contributed by atoms with Crippen molar-refractivity contribution in [1.82, 2.24) is 24.5 Å². The van der Waals surface area contributed by atoms with Gasteiger partial charge < -0.3 is 10.2 Å². The molecule has 2 aromatic heterocycles. The number of pyridine rings is 1. The first-order chi connectivity index (χ1) is 15.7. The summed E-state index contributed by atoms with van der Waals surface area (Å²) in [5.74, 6) is -0.260. The fraction of sp³-hybridized carbons (Fsp3) is 0.292. The molecule has 4 heterocycles. The summed E-state index contributed by atoms with van der Waals surface area (Å²) in [6, 6.07) is 16.3. The van der Waals surface area contributed by atoms with Crippen LogP contribution in [0.25, 0.3) is 11.7 Å². The predicted molar refractivity (Wildman–Crippen MR) is 125 cm³/mol. The fourth-order valence-electron chi connectivity index (χ4n) is 4.11. The number of hydrogen-bond donors (Lipinski definition) is 1. The molecular weight excluding hydrogens is 422 g/mol. The Kier molecular flexibility index (Phi) is 5.96. The van der Waals surface area contributed by atoms with E-state index in [0.717, 1.165) is 42.4 Å². The zero-order valence-electron chi connectivity index (χ0n) is 17.7. The van der Waals surface area contributed by atoms with Crippen LogP contribution in [-0.4, -0.2) is 70.3 Å². The van der Waals surface area contributed by atoms with Crippen LogP contribution in [0, 0.1) is 0 Å². The second-order valence-corrected chi connectivity index (χ2v) is 9.05. The Morgan fingerprint density at radius 3 is 2.62 bits per heavy atom. The number of imidazole rings is 1. The number of nitrogens with one attached hydrogen (secondary N) is 1. The van der Waals surface area contributed by atoms with E-state index in [1.54, 1.807) is 6.20 Å². The molecule has 0 saturated carbocycles. The number of hydrogen-bond acceptors (Lipinski definition) is 5. The summed E-state index contributed by atoms with van der Waals surface area (Å²) in [5, 5.41) is 3.74. The highest BCUT2D eigenvalue weighted by atomic mass is 32.2. The van der Waals surface area contributed by atoms with Gasteiger partial charge in [-0.2, -0.15) is 0 Å². The van der Waals surface area contributed by atoms with Crippen molar-refractivity contribution in [1.29, 1.82) is 0 Å². The van der Waals surface area contributed by atoms with Gasteiger partial charge in [0.25, 0.3) is 5.91 Å². The summed E-state index contributed by atoms with van der Waals surface area (Å²) in [6.45, 7) is 4.13. The third-order valence-electron chi connectivity index (χ3n) is 5.92. The average Bonchev–Trinajstić information content (AvgIpc) is 3.26. The summed E-state index contributed by atoms with van der Waals surface area (Å²) in [6.07, 6.45) is 4.60. The smallest absolute Gasteiger partial charge is 0.258 e. The quantitative estimate of drug-likeness (QED) is 0.628. The van der Waals surface area contributed by atoms with E-state index >= 15 is 0 Å². The SMILES string of the molecule is O=C(NCC(=O)N1CCN(CCc2ccccc2)CC1)C1=Cc2cnc3cccc(n23)S1. The molecule has 7 nitrogen and oxygen atoms in total. The zero-order chi connectivity index (χ0) is 21.9. The van der Waals surface area contributed by atoms with Crippen LogP contribution in [0.2, 0.25) is 0 Å². The maximum atomic E-state index is 12.7. The lowest BCUT2D eigenvalue weighted by atomic mass is 10.1. The Bertz CT molecular complexity index is 1170. The minimum atomic E-state index is -0.227. The highest BCUT2D eigenvalue weighted by molar-refractivity contribution is 8.04. The summed E-state index contributed by atoms with van der Waals surface area (Å²) in [5.41, 5.74) is 3.07. The molecule has 0 spiro atoms. The van der Waals surface area contributed by atoms with E-state index in [2.05, 4.69) is 39.5 Å². The lowest BCUT2D eigenvalue weighted by Gasteiger charge is -2.34. The summed E-state index contributed by atoms with van der Waals surface area (Å²) in [4.78, 5) is 34.5. The molecule has 32 heavy (non-hydrogen) atoms. The molecule has 1 saturated heterocycles. The Morgan fingerprint density at radius 1 is 1.00 bits per heavy atom. The molecule has 0 bridgehead atoms. The van der Waals surface area contributed by atoms with Crippen molar-refractivity contribution in [2.45, 2.75) is 11.4 Å². The molecule has 1 fully saturated rings. The van der Waals surface area contributed by atoms with Crippen molar-refractivity contribution in [2.75, 3.05) is 39.3 Å². The van der Waals surface area contributed by atoms with Gasteiger partial charge in [0.1, 0.15) is 5.65 Å². The Balaban J connectivity index is 1.09. The van der Waals surface area contributed by atoms with Gasteiger partial charge >= 0.3 is 0 Å². The molecule has 0 atom stereocenters. The minimum absolute atomic E-state index is 0.0181. The van der Waals surface area contributed by atoms with Crippen LogP contribution in [0.3, 0.4) is 0 Å². The molecule has 5 rings (SSSR count). The number of benzene rings is 1. The first-order valence-electron chi connectivity index (χ1n) is 10.9. The highest BCUT2D eigenvalue weighted by Gasteiger charge is 2.23. The normalized spacial score (nSPS) is 16.1. The van der Waals surface area contributed by atoms with Crippen LogP contribution in [0.4, 0.5) is 0 Å². The van der Waals surface area contributed by atoms with E-state index in [1.807, 2.05) is 39.6 Å². The van der Waals surface area contributed by atoms with Gasteiger partial charge in [-0.1, -0.05) is 48.2 Å². The van der Waals surface area contributed by atoms with E-state index in [4.69, 9.17) is 0 Å². The number of piperazine rings is 1. The third-order valence-corrected chi connectivity index (χ3v) is 6.97. The molecule has 8 heteroatoms. The fourth-order valence-corrected chi connectivity index (χ4v) is 5.11. The largest absolute Gasteiger partial charge is 0.343 e. The minimum Gasteiger partial charge on any atom is -0.343 e. The lowest BCUT2D eigenvalue weighted by Crippen LogP contribution is -2.51. The number of carbonyl (C=O) groups excluding carboxylic acids is 2. The molecule has 3 aromatic rings. The van der Waals surface area contributed by atoms with Crippen LogP contribution in [0.15, 0.2) is 64.7 Å². The van der Waals surface area contributed by atoms with Crippen molar-refractivity contribution in [3.8, 4) is 0 Å². The summed E-state index contributed by atoms with van der Waals surface area (Å²) in [7, 11) is 0. The standard InChI is InChI=1S/C24H25N5O2S/c30-22(28-13-11-27(12-14-28)10-9-18-5-2-1-3-6-18)17-26-24(31)20-15-19-16-25-21-7-4-8-23(32-20)29(19)21/h1-8,15-16H,9-14,17H2,(H,26,31). The summed E-state index contributed by atoms with van der Waals surface area (Å²) >= 11 is 1.39. The van der Waals surface area contributed by atoms with Gasteiger partial charge in [0.2, 0.25) is 5.91 Å². The average molecular weight is 448 g/mol. The van der Waals surface area contributed by atoms with Crippen molar-refractivity contribution >= 4 is 35.3 Å². The van der Waals surface area contributed by atoms with Crippen LogP contribution >= 0.6 is 11.8 Å². The summed E-state index contributed by atoms with van der Waals surface area (Å²) < 4.78 is 2.02. The number of rotatable bonds is 6. The number of thioether (sulfide) groups is 1. The maximum Gasteiger partial charge on any atom is 0.258 e. The van der Waals surface area contributed by atoms with Crippen molar-refractivity contribution in [2.24, 2.45) is 0 Å². The number of nitrogens with zero attached hydrogens (tertiary/aromatic N) is 4. The molecular formula is C24H25N5O2S. The number of amides is 2. The van der Waals surface area contributed by atoms with Gasteiger partial charge in [-0.3, -0.25) is 18.9 Å². The maximum absolute atomic E-state index is 12.7. The van der Waals surface area contributed by atoms with Gasteiger partial charge in [-0.15, -0.1) is 0 Å². The molecule has 0 radical (unpaired) electrons. The zero-order valence-corrected chi connectivity index (χ0v) is 18.6. The predicted octanol–water partition coefficient (Wildman–Crippen LogP) is 2.28. The van der Waals surface area contributed by atoms with Gasteiger partial charge in [0.15, 0.2) is 0 Å². The molecule has 1 N–H and O–H groups in total. The van der Waals surface area contributed by atoms with Gasteiger partial charge in [-0.05, 0) is 30.2 Å². The third kappa shape index (κ3) is 4.42. The second-order valence-electron chi connectivity index (χ2n) is 7.99. The highest BCUT2D eigenvalue weighted by Crippen LogP contribution is 2.34. The monoisotopic (exact) mass is 447 g/mol. The lowest BCUT2D eigenvalue weighted by molar-refractivity contribution is -0.133. The Hall–Kier alpha value is -3.10. The molecule has 2 amide bonds. The number of carbonyl (C=O) groups is 2. The molecule has 2 aliphatic heterocycles. The Morgan fingerprint density at radius 2 is 1.81 bits per heavy atom. The molecule has 164 valence electrons. The van der Waals surface area contributed by atoms with Crippen LogP contribution in [-0.2, 0) is 16.0 Å². The number of aromatic nitrogens is 2. The van der Waals surface area contributed by atoms with Gasteiger partial charge in [0, 0.05) is 32.7 Å². The Labute approximate surface area is 191 Å². The van der Waals surface area contributed by atoms with Crippen molar-refractivity contribution < 1.29 is 9.59 Å². The topological polar surface area (TPSA) is 70.0 Å². The van der Waals surface area contributed by atoms with Crippen molar-refractivity contribution in [3.05, 3.63) is 70.9 Å². The van der Waals surface area contributed by atoms with E-state index in [9.17, 15) is 9.59 Å². The molecule has 2 aliphatic rings. The van der Waals surface area contributed by atoms with Crippen LogP contribution in [0.5, 0.6) is 0 Å². The van der Waals surface area contributed by atoms with E-state index in [1.165, 1.54) is 17.3 Å². The van der Waals surface area contributed by atoms with E-state index in [0.29, 0.717) is 18.0 Å². The molecule has 0 aliphatic carbocycles. The van der Waals surface area contributed by atoms with E-state index in [-0.39, 0.29) is 18.4 Å². The first kappa shape index (κ1) is 20.8. The molecule has 0 unspecified atom stereocenters. The van der Waals surface area contributed by atoms with E-state index < -0.39 is 0 Å². The van der Waals surface area contributed by atoms with Crippen LogP contribution < -0.4 is 5.32 Å². The van der Waals surface area contributed by atoms with Gasteiger partial charge in [-0.25, -0.2) is 4.98 Å². The second kappa shape index (κ2) is 9.18. The first-order valence-corrected chi connectivity index (χ1v) is 11.7.